The third-order valence-corrected chi connectivity index (χ3v) is 6.98. The van der Waals surface area contributed by atoms with Crippen molar-refractivity contribution in [3.8, 4) is 11.3 Å². The van der Waals surface area contributed by atoms with E-state index in [1.165, 1.54) is 4.90 Å². The van der Waals surface area contributed by atoms with Gasteiger partial charge in [-0.05, 0) is 42.0 Å². The highest BCUT2D eigenvalue weighted by Crippen LogP contribution is 2.47. The predicted octanol–water partition coefficient (Wildman–Crippen LogP) is 5.76. The number of amides is 2. The molecule has 3 atom stereocenters. The zero-order valence-corrected chi connectivity index (χ0v) is 20.2. The van der Waals surface area contributed by atoms with Crippen LogP contribution >= 0.6 is 15.9 Å². The van der Waals surface area contributed by atoms with Gasteiger partial charge in [0.2, 0.25) is 5.91 Å². The molecule has 6 nitrogen and oxygen atoms in total. The second-order valence-corrected chi connectivity index (χ2v) is 9.53. The number of fused-ring (bicyclic) bond motifs is 1. The van der Waals surface area contributed by atoms with Crippen LogP contribution < -0.4 is 5.06 Å². The van der Waals surface area contributed by atoms with Gasteiger partial charge in [0.1, 0.15) is 23.5 Å². The van der Waals surface area contributed by atoms with Crippen LogP contribution in [0.3, 0.4) is 0 Å². The minimum absolute atomic E-state index is 0.217. The van der Waals surface area contributed by atoms with Gasteiger partial charge in [-0.3, -0.25) is 19.3 Å². The van der Waals surface area contributed by atoms with Gasteiger partial charge in [-0.15, -0.1) is 0 Å². The topological polar surface area (TPSA) is 63.0 Å². The lowest BCUT2D eigenvalue weighted by Gasteiger charge is -2.27. The van der Waals surface area contributed by atoms with Crippen LogP contribution in [0.25, 0.3) is 11.3 Å². The van der Waals surface area contributed by atoms with Gasteiger partial charge in [0.25, 0.3) is 5.91 Å². The number of hydroxylamine groups is 1. The first-order valence-corrected chi connectivity index (χ1v) is 12.2. The molecule has 2 aliphatic heterocycles. The Morgan fingerprint density at radius 2 is 1.46 bits per heavy atom. The van der Waals surface area contributed by atoms with Crippen molar-refractivity contribution in [3.63, 3.8) is 0 Å². The standard InChI is InChI=1S/C28H21BrN2O4/c29-20-13-11-19(12-14-20)22-15-16-23(34-22)25-24-26(35-31(25)21-9-5-2-6-10-21)28(33)30(27(24)32)17-18-7-3-1-4-8-18/h1-16,24-26H,17H2. The molecule has 3 unspecified atom stereocenters. The largest absolute Gasteiger partial charge is 0.459 e. The van der Waals surface area contributed by atoms with E-state index >= 15 is 0 Å². The lowest BCUT2D eigenvalue weighted by Crippen LogP contribution is -2.36. The summed E-state index contributed by atoms with van der Waals surface area (Å²) in [5.74, 6) is -0.0416. The molecule has 0 saturated carbocycles. The van der Waals surface area contributed by atoms with Gasteiger partial charge >= 0.3 is 0 Å². The summed E-state index contributed by atoms with van der Waals surface area (Å²) in [5.41, 5.74) is 2.56. The number of likely N-dealkylation sites (tertiary alicyclic amines) is 1. The summed E-state index contributed by atoms with van der Waals surface area (Å²) < 4.78 is 7.25. The summed E-state index contributed by atoms with van der Waals surface area (Å²) in [7, 11) is 0. The number of hydrogen-bond donors (Lipinski definition) is 0. The lowest BCUT2D eigenvalue weighted by molar-refractivity contribution is -0.143. The molecule has 2 amide bonds. The van der Waals surface area contributed by atoms with Gasteiger partial charge in [0, 0.05) is 10.0 Å². The smallest absolute Gasteiger partial charge is 0.262 e. The van der Waals surface area contributed by atoms with Gasteiger partial charge in [0.15, 0.2) is 6.10 Å². The Kier molecular flexibility index (Phi) is 5.51. The Hall–Kier alpha value is -3.68. The first-order chi connectivity index (χ1) is 17.1. The average Bonchev–Trinajstić information content (AvgIpc) is 3.58. The van der Waals surface area contributed by atoms with Crippen LogP contribution in [0.1, 0.15) is 17.4 Å². The number of imide groups is 1. The fourth-order valence-corrected chi connectivity index (χ4v) is 5.03. The van der Waals surface area contributed by atoms with E-state index in [1.54, 1.807) is 5.06 Å². The number of carbonyl (C=O) groups is 2. The molecule has 3 aromatic carbocycles. The molecule has 0 radical (unpaired) electrons. The fourth-order valence-electron chi connectivity index (χ4n) is 4.76. The summed E-state index contributed by atoms with van der Waals surface area (Å²) in [6.45, 7) is 0.217. The molecular weight excluding hydrogens is 508 g/mol. The number of rotatable bonds is 5. The molecule has 7 heteroatoms. The SMILES string of the molecule is O=C1C2ON(c3ccccc3)C(c3ccc(-c4ccc(Br)cc4)o3)C2C(=O)N1Cc1ccccc1. The third kappa shape index (κ3) is 3.87. The highest BCUT2D eigenvalue weighted by Gasteiger charge is 2.60. The second-order valence-electron chi connectivity index (χ2n) is 8.62. The maximum atomic E-state index is 13.6. The van der Waals surface area contributed by atoms with Gasteiger partial charge < -0.3 is 4.42 Å². The van der Waals surface area contributed by atoms with Gasteiger partial charge in [-0.1, -0.05) is 76.6 Å². The highest BCUT2D eigenvalue weighted by molar-refractivity contribution is 9.10. The zero-order valence-electron chi connectivity index (χ0n) is 18.6. The summed E-state index contributed by atoms with van der Waals surface area (Å²) in [6.07, 6.45) is -0.905. The molecule has 0 N–H and O–H groups in total. The molecule has 2 saturated heterocycles. The van der Waals surface area contributed by atoms with Crippen LogP contribution in [-0.4, -0.2) is 22.8 Å². The van der Waals surface area contributed by atoms with E-state index in [-0.39, 0.29) is 18.4 Å². The van der Waals surface area contributed by atoms with Crippen molar-refractivity contribution >= 4 is 33.4 Å². The molecule has 2 fully saturated rings. The quantitative estimate of drug-likeness (QED) is 0.308. The lowest BCUT2D eigenvalue weighted by atomic mass is 9.94. The molecule has 2 aliphatic rings. The molecular formula is C28H21BrN2O4. The number of nitrogens with zero attached hydrogens (tertiary/aromatic N) is 2. The molecule has 1 aromatic heterocycles. The number of furan rings is 1. The molecule has 35 heavy (non-hydrogen) atoms. The molecule has 0 bridgehead atoms. The van der Waals surface area contributed by atoms with E-state index in [4.69, 9.17) is 9.25 Å². The van der Waals surface area contributed by atoms with Crippen molar-refractivity contribution in [1.82, 2.24) is 4.90 Å². The third-order valence-electron chi connectivity index (χ3n) is 6.45. The molecule has 0 spiro atoms. The number of halogens is 1. The van der Waals surface area contributed by atoms with E-state index in [0.29, 0.717) is 11.5 Å². The van der Waals surface area contributed by atoms with E-state index in [9.17, 15) is 9.59 Å². The number of para-hydroxylation sites is 1. The second kappa shape index (κ2) is 8.83. The fraction of sp³-hybridized carbons (Fsp3) is 0.143. The summed E-state index contributed by atoms with van der Waals surface area (Å²) in [5, 5.41) is 1.65. The van der Waals surface area contributed by atoms with E-state index < -0.39 is 18.1 Å². The average molecular weight is 529 g/mol. The Morgan fingerprint density at radius 3 is 2.17 bits per heavy atom. The van der Waals surface area contributed by atoms with Crippen LogP contribution in [-0.2, 0) is 21.0 Å². The van der Waals surface area contributed by atoms with Crippen molar-refractivity contribution < 1.29 is 18.8 Å². The minimum Gasteiger partial charge on any atom is -0.459 e. The summed E-state index contributed by atoms with van der Waals surface area (Å²) in [4.78, 5) is 34.4. The first kappa shape index (κ1) is 21.8. The summed E-state index contributed by atoms with van der Waals surface area (Å²) >= 11 is 3.46. The molecule has 4 aromatic rings. The molecule has 0 aliphatic carbocycles. The van der Waals surface area contributed by atoms with E-state index in [2.05, 4.69) is 15.9 Å². The summed E-state index contributed by atoms with van der Waals surface area (Å²) in [6, 6.07) is 30.0. The van der Waals surface area contributed by atoms with Crippen molar-refractivity contribution in [2.45, 2.75) is 18.7 Å². The van der Waals surface area contributed by atoms with Gasteiger partial charge in [-0.25, -0.2) is 5.06 Å². The maximum absolute atomic E-state index is 13.6. The van der Waals surface area contributed by atoms with Crippen LogP contribution in [0.5, 0.6) is 0 Å². The Morgan fingerprint density at radius 1 is 0.771 bits per heavy atom. The van der Waals surface area contributed by atoms with Gasteiger partial charge in [0.05, 0.1) is 12.2 Å². The molecule has 174 valence electrons. The Balaban J connectivity index is 1.37. The van der Waals surface area contributed by atoms with Gasteiger partial charge in [-0.2, -0.15) is 0 Å². The number of carbonyl (C=O) groups excluding carboxylic acids is 2. The van der Waals surface area contributed by atoms with Crippen LogP contribution in [0, 0.1) is 5.92 Å². The Labute approximate surface area is 210 Å². The highest BCUT2D eigenvalue weighted by atomic mass is 79.9. The van der Waals surface area contributed by atoms with Crippen LogP contribution in [0.2, 0.25) is 0 Å². The number of anilines is 1. The molecule has 3 heterocycles. The Bertz CT molecular complexity index is 1370. The monoisotopic (exact) mass is 528 g/mol. The minimum atomic E-state index is -0.905. The normalized spacial score (nSPS) is 21.6. The first-order valence-electron chi connectivity index (χ1n) is 11.4. The maximum Gasteiger partial charge on any atom is 0.262 e. The van der Waals surface area contributed by atoms with Crippen LogP contribution in [0.4, 0.5) is 5.69 Å². The van der Waals surface area contributed by atoms with Crippen LogP contribution in [0.15, 0.2) is 106 Å². The number of hydrogen-bond acceptors (Lipinski definition) is 5. The van der Waals surface area contributed by atoms with Crippen molar-refractivity contribution in [2.24, 2.45) is 5.92 Å². The zero-order chi connectivity index (χ0) is 23.9. The predicted molar refractivity (Wildman–Crippen MR) is 134 cm³/mol. The van der Waals surface area contributed by atoms with Crippen molar-refractivity contribution in [1.29, 1.82) is 0 Å². The number of benzene rings is 3. The van der Waals surface area contributed by atoms with E-state index in [0.717, 1.165) is 21.3 Å². The van der Waals surface area contributed by atoms with Crippen molar-refractivity contribution in [3.05, 3.63) is 113 Å². The molecule has 6 rings (SSSR count). The van der Waals surface area contributed by atoms with E-state index in [1.807, 2.05) is 97.1 Å². The van der Waals surface area contributed by atoms with Crippen molar-refractivity contribution in [2.75, 3.05) is 5.06 Å².